The van der Waals surface area contributed by atoms with Crippen LogP contribution >= 0.6 is 0 Å². The molecule has 0 bridgehead atoms. The van der Waals surface area contributed by atoms with E-state index in [1.54, 1.807) is 30.3 Å². The van der Waals surface area contributed by atoms with Gasteiger partial charge >= 0.3 is 0 Å². The van der Waals surface area contributed by atoms with Crippen LogP contribution in [0.25, 0.3) is 10.9 Å². The van der Waals surface area contributed by atoms with Crippen LogP contribution in [0.3, 0.4) is 0 Å². The van der Waals surface area contributed by atoms with Crippen molar-refractivity contribution in [2.45, 2.75) is 36.6 Å². The predicted molar refractivity (Wildman–Crippen MR) is 136 cm³/mol. The lowest BCUT2D eigenvalue weighted by Gasteiger charge is -2.15. The molecule has 1 heterocycles. The minimum atomic E-state index is -4.14. The number of para-hydroxylation sites is 1. The molecule has 0 atom stereocenters. The number of hydrogen-bond acceptors (Lipinski definition) is 5. The Labute approximate surface area is 203 Å². The average Bonchev–Trinajstić information content (AvgIpc) is 2.86. The molecule has 35 heavy (non-hydrogen) atoms. The van der Waals surface area contributed by atoms with Gasteiger partial charge in [0, 0.05) is 11.9 Å². The molecule has 3 aromatic carbocycles. The van der Waals surface area contributed by atoms with Crippen LogP contribution in [0.1, 0.15) is 18.1 Å². The van der Waals surface area contributed by atoms with Gasteiger partial charge in [-0.1, -0.05) is 37.3 Å². The lowest BCUT2D eigenvalue weighted by Crippen LogP contribution is -2.24. The van der Waals surface area contributed by atoms with E-state index in [1.807, 2.05) is 32.0 Å². The number of nitrogens with zero attached hydrogens (tertiary/aromatic N) is 1. The summed E-state index contributed by atoms with van der Waals surface area (Å²) in [6.45, 7) is 3.67. The number of nitrogens with one attached hydrogen (secondary N) is 1. The first-order chi connectivity index (χ1) is 16.7. The Balaban J connectivity index is 1.84. The van der Waals surface area contributed by atoms with E-state index in [9.17, 15) is 18.0 Å². The van der Waals surface area contributed by atoms with E-state index in [4.69, 9.17) is 4.74 Å². The van der Waals surface area contributed by atoms with Gasteiger partial charge in [0.05, 0.1) is 22.9 Å². The van der Waals surface area contributed by atoms with Crippen LogP contribution in [0.2, 0.25) is 0 Å². The molecule has 8 heteroatoms. The molecule has 0 unspecified atom stereocenters. The summed E-state index contributed by atoms with van der Waals surface area (Å²) in [7, 11) is -2.67. The van der Waals surface area contributed by atoms with Crippen molar-refractivity contribution in [3.8, 4) is 5.75 Å². The van der Waals surface area contributed by atoms with Gasteiger partial charge in [-0.3, -0.25) is 9.59 Å². The maximum absolute atomic E-state index is 13.5. The van der Waals surface area contributed by atoms with Gasteiger partial charge in [-0.2, -0.15) is 0 Å². The topological polar surface area (TPSA) is 94.5 Å². The SMILES string of the molecule is CCc1ccc(S(=O)(=O)c2cn(CC(=O)Nc3ccccc3C)c3ccc(OC)cc3c2=O)cc1. The second-order valence-corrected chi connectivity index (χ2v) is 10.1. The summed E-state index contributed by atoms with van der Waals surface area (Å²) >= 11 is 0. The highest BCUT2D eigenvalue weighted by Gasteiger charge is 2.24. The first kappa shape index (κ1) is 24.2. The Bertz CT molecular complexity index is 1570. The summed E-state index contributed by atoms with van der Waals surface area (Å²) in [6.07, 6.45) is 2.01. The van der Waals surface area contributed by atoms with Gasteiger partial charge in [0.25, 0.3) is 0 Å². The maximum atomic E-state index is 13.5. The highest BCUT2D eigenvalue weighted by Crippen LogP contribution is 2.24. The highest BCUT2D eigenvalue weighted by atomic mass is 32.2. The van der Waals surface area contributed by atoms with Crippen LogP contribution in [-0.2, 0) is 27.6 Å². The zero-order valence-electron chi connectivity index (χ0n) is 19.7. The molecule has 0 aliphatic carbocycles. The number of carbonyl (C=O) groups excluding carboxylic acids is 1. The summed E-state index contributed by atoms with van der Waals surface area (Å²) < 4.78 is 33.7. The third-order valence-electron chi connectivity index (χ3n) is 5.92. The average molecular weight is 491 g/mol. The number of fused-ring (bicyclic) bond motifs is 1. The molecule has 180 valence electrons. The van der Waals surface area contributed by atoms with Crippen LogP contribution in [-0.4, -0.2) is 26.0 Å². The molecular weight excluding hydrogens is 464 g/mol. The summed E-state index contributed by atoms with van der Waals surface area (Å²) in [5.41, 5.74) is 2.32. The van der Waals surface area contributed by atoms with Gasteiger partial charge in [-0.05, 0) is 60.9 Å². The van der Waals surface area contributed by atoms with Crippen LogP contribution in [0, 0.1) is 6.92 Å². The number of rotatable bonds is 7. The Morgan fingerprint density at radius 3 is 2.40 bits per heavy atom. The molecule has 0 spiro atoms. The molecule has 0 radical (unpaired) electrons. The number of ether oxygens (including phenoxy) is 1. The summed E-state index contributed by atoms with van der Waals surface area (Å²) in [5.74, 6) is 0.0584. The van der Waals surface area contributed by atoms with Crippen molar-refractivity contribution in [1.82, 2.24) is 4.57 Å². The van der Waals surface area contributed by atoms with E-state index in [1.165, 1.54) is 36.1 Å². The van der Waals surface area contributed by atoms with Crippen LogP contribution in [0.15, 0.2) is 87.5 Å². The molecule has 4 rings (SSSR count). The second-order valence-electron chi connectivity index (χ2n) is 8.20. The molecule has 0 saturated heterocycles. The van der Waals surface area contributed by atoms with E-state index >= 15 is 0 Å². The zero-order chi connectivity index (χ0) is 25.2. The predicted octanol–water partition coefficient (Wildman–Crippen LogP) is 4.35. The van der Waals surface area contributed by atoms with E-state index in [0.29, 0.717) is 17.0 Å². The van der Waals surface area contributed by atoms with Crippen LogP contribution in [0.5, 0.6) is 5.75 Å². The first-order valence-electron chi connectivity index (χ1n) is 11.1. The van der Waals surface area contributed by atoms with E-state index in [0.717, 1.165) is 17.5 Å². The quantitative estimate of drug-likeness (QED) is 0.416. The van der Waals surface area contributed by atoms with E-state index in [-0.39, 0.29) is 22.7 Å². The van der Waals surface area contributed by atoms with Gasteiger partial charge in [-0.15, -0.1) is 0 Å². The zero-order valence-corrected chi connectivity index (χ0v) is 20.6. The third kappa shape index (κ3) is 4.83. The summed E-state index contributed by atoms with van der Waals surface area (Å²) in [4.78, 5) is 25.9. The van der Waals surface area contributed by atoms with Crippen molar-refractivity contribution in [1.29, 1.82) is 0 Å². The minimum absolute atomic E-state index is 0.0185. The molecule has 0 aliphatic rings. The lowest BCUT2D eigenvalue weighted by molar-refractivity contribution is -0.116. The second kappa shape index (κ2) is 9.76. The van der Waals surface area contributed by atoms with Gasteiger partial charge in [0.1, 0.15) is 17.2 Å². The summed E-state index contributed by atoms with van der Waals surface area (Å²) in [6, 6.07) is 18.6. The normalized spacial score (nSPS) is 11.4. The molecule has 0 fully saturated rings. The standard InChI is InChI=1S/C27H26N2O5S/c1-4-19-9-12-21(13-10-19)35(32,33)25-16-29(17-26(30)28-23-8-6-5-7-18(23)2)24-14-11-20(34-3)15-22(24)27(25)31/h5-16H,4,17H2,1-3H3,(H,28,30). The Morgan fingerprint density at radius 2 is 1.74 bits per heavy atom. The molecule has 4 aromatic rings. The number of pyridine rings is 1. The van der Waals surface area contributed by atoms with Crippen LogP contribution in [0.4, 0.5) is 5.69 Å². The molecule has 1 amide bonds. The van der Waals surface area contributed by atoms with Crippen molar-refractivity contribution < 1.29 is 17.9 Å². The largest absolute Gasteiger partial charge is 0.497 e. The highest BCUT2D eigenvalue weighted by molar-refractivity contribution is 7.91. The molecule has 0 saturated carbocycles. The number of sulfone groups is 1. The Morgan fingerprint density at radius 1 is 1.03 bits per heavy atom. The summed E-state index contributed by atoms with van der Waals surface area (Å²) in [5, 5.41) is 3.00. The number of hydrogen-bond donors (Lipinski definition) is 1. The molecule has 0 aliphatic heterocycles. The number of aryl methyl sites for hydroxylation is 2. The molecule has 1 N–H and O–H groups in total. The van der Waals surface area contributed by atoms with Crippen molar-refractivity contribution in [2.75, 3.05) is 12.4 Å². The fourth-order valence-corrected chi connectivity index (χ4v) is 5.26. The van der Waals surface area contributed by atoms with Gasteiger partial charge < -0.3 is 14.6 Å². The first-order valence-corrected chi connectivity index (χ1v) is 12.6. The number of methoxy groups -OCH3 is 1. The smallest absolute Gasteiger partial charge is 0.244 e. The Hall–Kier alpha value is -3.91. The third-order valence-corrected chi connectivity index (χ3v) is 7.68. The lowest BCUT2D eigenvalue weighted by atomic mass is 10.2. The number of aromatic nitrogens is 1. The molecule has 7 nitrogen and oxygen atoms in total. The fourth-order valence-electron chi connectivity index (χ4n) is 3.89. The van der Waals surface area contributed by atoms with Crippen molar-refractivity contribution in [3.63, 3.8) is 0 Å². The monoisotopic (exact) mass is 490 g/mol. The van der Waals surface area contributed by atoms with Gasteiger partial charge in [0.2, 0.25) is 21.2 Å². The number of amides is 1. The van der Waals surface area contributed by atoms with Gasteiger partial charge in [-0.25, -0.2) is 8.42 Å². The van der Waals surface area contributed by atoms with E-state index < -0.39 is 20.2 Å². The number of anilines is 1. The fraction of sp³-hybridized carbons (Fsp3) is 0.185. The van der Waals surface area contributed by atoms with Crippen LogP contribution < -0.4 is 15.5 Å². The van der Waals surface area contributed by atoms with Crippen molar-refractivity contribution in [2.24, 2.45) is 0 Å². The number of benzene rings is 3. The van der Waals surface area contributed by atoms with Crippen molar-refractivity contribution in [3.05, 3.63) is 94.3 Å². The molecular formula is C27H26N2O5S. The van der Waals surface area contributed by atoms with Gasteiger partial charge in [0.15, 0.2) is 0 Å². The Kier molecular flexibility index (Phi) is 6.75. The maximum Gasteiger partial charge on any atom is 0.244 e. The molecule has 1 aromatic heterocycles. The van der Waals surface area contributed by atoms with E-state index in [2.05, 4.69) is 5.32 Å². The minimum Gasteiger partial charge on any atom is -0.497 e. The number of carbonyl (C=O) groups is 1. The van der Waals surface area contributed by atoms with Crippen molar-refractivity contribution >= 4 is 32.3 Å².